The van der Waals surface area contributed by atoms with Gasteiger partial charge in [0.25, 0.3) is 0 Å². The Balaban J connectivity index is 1.27. The highest BCUT2D eigenvalue weighted by molar-refractivity contribution is 6.72. The highest BCUT2D eigenvalue weighted by Crippen LogP contribution is 2.44. The van der Waals surface area contributed by atoms with E-state index in [9.17, 15) is 0 Å². The van der Waals surface area contributed by atoms with Crippen LogP contribution in [-0.2, 0) is 5.41 Å². The maximum Gasteiger partial charge on any atom is 0.525 e. The molecule has 0 amide bonds. The standard InChI is InChI=1S/C60H46BN5O/c1-38-17-14-18-39(2)58(38)66-57-34-40(60(3,4)5)33-56(62-57)65-53-29-13-11-26-49(53)50-32-31-43(36-55(50)65)67-42-20-15-19-41(35-42)63-37-64-59-51(27-16-30-54(59)63)47-24-9-7-22-45(47)44-21-6-8-23-46(44)48-25-10-12-28-52(48)61(64)66/h6-36H,1-5H3. The van der Waals surface area contributed by atoms with Gasteiger partial charge in [-0.3, -0.25) is 4.57 Å². The fourth-order valence-corrected chi connectivity index (χ4v) is 10.8. The van der Waals surface area contributed by atoms with Gasteiger partial charge >= 0.3 is 6.98 Å². The van der Waals surface area contributed by atoms with Crippen molar-refractivity contribution in [3.63, 3.8) is 0 Å². The fraction of sp³-hybridized carbons (Fsp3) is 0.100. The van der Waals surface area contributed by atoms with Crippen LogP contribution in [0.4, 0.5) is 11.5 Å². The number of imidazole rings is 1. The molecule has 13 rings (SSSR count). The summed E-state index contributed by atoms with van der Waals surface area (Å²) < 4.78 is 13.8. The zero-order valence-electron chi connectivity index (χ0n) is 38.1. The van der Waals surface area contributed by atoms with Gasteiger partial charge in [0.2, 0.25) is 6.33 Å². The molecule has 8 bridgehead atoms. The monoisotopic (exact) mass is 863 g/mol. The average Bonchev–Trinajstić information content (AvgIpc) is 3.89. The van der Waals surface area contributed by atoms with Crippen LogP contribution in [0.3, 0.4) is 0 Å². The lowest BCUT2D eigenvalue weighted by Crippen LogP contribution is -2.68. The first-order valence-electron chi connectivity index (χ1n) is 23.2. The van der Waals surface area contributed by atoms with Crippen molar-refractivity contribution in [2.45, 2.75) is 40.0 Å². The number of ether oxygens (including phenoxy) is 1. The molecule has 3 aromatic heterocycles. The lowest BCUT2D eigenvalue weighted by atomic mass is 9.61. The summed E-state index contributed by atoms with van der Waals surface area (Å²) >= 11 is 0. The first kappa shape index (κ1) is 39.2. The number of para-hydroxylation sites is 3. The molecule has 0 fully saturated rings. The number of nitrogens with zero attached hydrogens (tertiary/aromatic N) is 5. The van der Waals surface area contributed by atoms with Crippen molar-refractivity contribution in [1.82, 2.24) is 14.1 Å². The van der Waals surface area contributed by atoms with E-state index in [0.29, 0.717) is 0 Å². The van der Waals surface area contributed by atoms with Crippen LogP contribution >= 0.6 is 0 Å². The van der Waals surface area contributed by atoms with Gasteiger partial charge in [0.05, 0.1) is 27.8 Å². The van der Waals surface area contributed by atoms with E-state index in [1.165, 1.54) is 16.7 Å². The fourth-order valence-electron chi connectivity index (χ4n) is 10.8. The predicted molar refractivity (Wildman–Crippen MR) is 275 cm³/mol. The summed E-state index contributed by atoms with van der Waals surface area (Å²) in [5.41, 5.74) is 17.5. The molecule has 0 N–H and O–H groups in total. The molecule has 0 aliphatic carbocycles. The molecule has 11 aromatic rings. The first-order valence-corrected chi connectivity index (χ1v) is 23.2. The first-order chi connectivity index (χ1) is 32.7. The molecule has 5 heterocycles. The highest BCUT2D eigenvalue weighted by Gasteiger charge is 2.42. The average molecular weight is 864 g/mol. The summed E-state index contributed by atoms with van der Waals surface area (Å²) in [5.74, 6) is 3.14. The van der Waals surface area contributed by atoms with Gasteiger partial charge < -0.3 is 18.6 Å². The lowest BCUT2D eigenvalue weighted by molar-refractivity contribution is -0.511. The van der Waals surface area contributed by atoms with Gasteiger partial charge in [-0.15, -0.1) is 0 Å². The molecule has 320 valence electrons. The summed E-state index contributed by atoms with van der Waals surface area (Å²) in [4.78, 5) is 8.44. The zero-order valence-corrected chi connectivity index (χ0v) is 38.1. The van der Waals surface area contributed by atoms with E-state index in [2.05, 4.69) is 241 Å². The number of anilines is 2. The van der Waals surface area contributed by atoms with Gasteiger partial charge in [0.1, 0.15) is 23.1 Å². The van der Waals surface area contributed by atoms with E-state index in [4.69, 9.17) is 9.72 Å². The Kier molecular flexibility index (Phi) is 8.59. The number of hydrogen-bond acceptors (Lipinski definition) is 3. The van der Waals surface area contributed by atoms with E-state index in [-0.39, 0.29) is 5.41 Å². The summed E-state index contributed by atoms with van der Waals surface area (Å²) in [6.45, 7) is 10.9. The molecule has 0 spiro atoms. The smallest absolute Gasteiger partial charge is 0.458 e. The number of rotatable bonds is 1. The maximum absolute atomic E-state index is 6.85. The topological polar surface area (TPSA) is 39.1 Å². The number of fused-ring (bicyclic) bond motifs is 19. The predicted octanol–water partition coefficient (Wildman–Crippen LogP) is 13.6. The van der Waals surface area contributed by atoms with Crippen molar-refractivity contribution in [2.24, 2.45) is 0 Å². The molecular formula is C60H46BN5O. The highest BCUT2D eigenvalue weighted by atomic mass is 16.5. The molecule has 0 saturated heterocycles. The van der Waals surface area contributed by atoms with Crippen molar-refractivity contribution in [3.05, 3.63) is 211 Å². The molecule has 8 aromatic carbocycles. The molecule has 0 saturated carbocycles. The number of pyridine rings is 1. The largest absolute Gasteiger partial charge is 0.525 e. The van der Waals surface area contributed by atoms with Crippen molar-refractivity contribution >= 4 is 56.8 Å². The Morgan fingerprint density at radius 1 is 0.522 bits per heavy atom. The van der Waals surface area contributed by atoms with E-state index in [0.717, 1.165) is 106 Å². The minimum absolute atomic E-state index is 0.241. The Morgan fingerprint density at radius 2 is 1.10 bits per heavy atom. The molecule has 2 aliphatic rings. The summed E-state index contributed by atoms with van der Waals surface area (Å²) in [6, 6.07) is 68.2. The quantitative estimate of drug-likeness (QED) is 0.122. The summed E-state index contributed by atoms with van der Waals surface area (Å²) in [6.07, 6.45) is 4.07. The molecular weight excluding hydrogens is 818 g/mol. The van der Waals surface area contributed by atoms with Crippen LogP contribution in [0, 0.1) is 20.2 Å². The molecule has 67 heavy (non-hydrogen) atoms. The molecule has 2 aliphatic heterocycles. The number of benzene rings is 8. The number of aryl methyl sites for hydroxylation is 2. The third kappa shape index (κ3) is 6.04. The second kappa shape index (κ2) is 14.7. The van der Waals surface area contributed by atoms with Gasteiger partial charge in [-0.1, -0.05) is 160 Å². The third-order valence-electron chi connectivity index (χ3n) is 13.9. The Labute approximate surface area is 390 Å². The minimum Gasteiger partial charge on any atom is -0.458 e. The van der Waals surface area contributed by atoms with Crippen LogP contribution < -0.4 is 19.5 Å². The van der Waals surface area contributed by atoms with E-state index in [1.54, 1.807) is 0 Å². The second-order valence-electron chi connectivity index (χ2n) is 19.1. The Hall–Kier alpha value is -8.16. The third-order valence-corrected chi connectivity index (χ3v) is 13.9. The summed E-state index contributed by atoms with van der Waals surface area (Å²) in [5, 5.41) is 2.29. The van der Waals surface area contributed by atoms with Crippen LogP contribution in [0.15, 0.2) is 188 Å². The number of aromatic nitrogens is 4. The van der Waals surface area contributed by atoms with Crippen molar-refractivity contribution < 1.29 is 9.21 Å². The maximum atomic E-state index is 6.85. The van der Waals surface area contributed by atoms with Crippen molar-refractivity contribution in [1.29, 1.82) is 0 Å². The molecule has 0 atom stereocenters. The van der Waals surface area contributed by atoms with Gasteiger partial charge in [-0.2, -0.15) is 0 Å². The minimum atomic E-state index is -0.508. The van der Waals surface area contributed by atoms with Crippen LogP contribution in [0.1, 0.15) is 37.5 Å². The van der Waals surface area contributed by atoms with Gasteiger partial charge in [-0.05, 0) is 112 Å². The van der Waals surface area contributed by atoms with Crippen LogP contribution in [0.2, 0.25) is 0 Å². The van der Waals surface area contributed by atoms with E-state index >= 15 is 0 Å². The zero-order chi connectivity index (χ0) is 45.1. The van der Waals surface area contributed by atoms with Gasteiger partial charge in [0.15, 0.2) is 0 Å². The van der Waals surface area contributed by atoms with Gasteiger partial charge in [-0.25, -0.2) is 4.98 Å². The van der Waals surface area contributed by atoms with E-state index < -0.39 is 6.98 Å². The van der Waals surface area contributed by atoms with Gasteiger partial charge in [0, 0.05) is 28.0 Å². The van der Waals surface area contributed by atoms with Crippen molar-refractivity contribution in [3.8, 4) is 56.4 Å². The Bertz CT molecular complexity index is 3820. The van der Waals surface area contributed by atoms with E-state index in [1.807, 2.05) is 6.07 Å². The molecule has 0 radical (unpaired) electrons. The number of hydrogen-bond donors (Lipinski definition) is 0. The molecule has 0 unspecified atom stereocenters. The SMILES string of the molecule is Cc1cccc(C)c1N1B2c3ccccc3-c3ccccc3-c3ccccc3-c3cccc4c3[n+]2[c-]n4-c2cccc(c2)Oc2ccc3c4ccccc4n(c3c2)-c2cc(C(C)(C)C)cc1n2. The normalized spacial score (nSPS) is 12.9. The summed E-state index contributed by atoms with van der Waals surface area (Å²) in [7, 11) is 0. The van der Waals surface area contributed by atoms with Crippen LogP contribution in [0.5, 0.6) is 11.5 Å². The molecule has 7 heteroatoms. The Morgan fingerprint density at radius 3 is 1.87 bits per heavy atom. The molecule has 6 nitrogen and oxygen atoms in total. The van der Waals surface area contributed by atoms with Crippen LogP contribution in [0.25, 0.3) is 77.7 Å². The van der Waals surface area contributed by atoms with Crippen molar-refractivity contribution in [2.75, 3.05) is 4.81 Å². The lowest BCUT2D eigenvalue weighted by Gasteiger charge is -2.34. The van der Waals surface area contributed by atoms with Crippen LogP contribution in [-0.4, -0.2) is 21.1 Å². The second-order valence-corrected chi connectivity index (χ2v) is 19.1.